The molecule has 1 aromatic rings. The lowest BCUT2D eigenvalue weighted by atomic mass is 10.1. The molecule has 0 amide bonds. The normalized spacial score (nSPS) is 10.8. The van der Waals surface area contributed by atoms with Gasteiger partial charge in [-0.2, -0.15) is 13.2 Å². The van der Waals surface area contributed by atoms with Crippen LogP contribution in [-0.4, -0.2) is 10.9 Å². The van der Waals surface area contributed by atoms with Gasteiger partial charge in [-0.05, 0) is 18.2 Å². The minimum atomic E-state index is -4.56. The molecule has 0 bridgehead atoms. The summed E-state index contributed by atoms with van der Waals surface area (Å²) in [6, 6.07) is 2.22. The van der Waals surface area contributed by atoms with Crippen molar-refractivity contribution in [1.29, 1.82) is 0 Å². The average molecular weight is 290 g/mol. The van der Waals surface area contributed by atoms with Crippen molar-refractivity contribution in [3.63, 3.8) is 0 Å². The molecule has 0 aliphatic heterocycles. The van der Waals surface area contributed by atoms with Crippen LogP contribution in [0.2, 0.25) is 0 Å². The van der Waals surface area contributed by atoms with E-state index in [9.17, 15) is 22.4 Å². The lowest BCUT2D eigenvalue weighted by Crippen LogP contribution is -2.05. The quantitative estimate of drug-likeness (QED) is 0.467. The molecular formula is C13H10F4OS. The van der Waals surface area contributed by atoms with Gasteiger partial charge in [0.2, 0.25) is 0 Å². The lowest BCUT2D eigenvalue weighted by molar-refractivity contribution is -0.137. The molecule has 0 radical (unpaired) electrons. The molecule has 0 unspecified atom stereocenters. The minimum Gasteiger partial charge on any atom is -0.288 e. The van der Waals surface area contributed by atoms with E-state index >= 15 is 0 Å². The molecule has 19 heavy (non-hydrogen) atoms. The zero-order valence-corrected chi connectivity index (χ0v) is 10.8. The van der Waals surface area contributed by atoms with Crippen molar-refractivity contribution in [2.24, 2.45) is 0 Å². The summed E-state index contributed by atoms with van der Waals surface area (Å²) in [5, 5.41) is -0.0393. The van der Waals surface area contributed by atoms with E-state index in [1.807, 2.05) is 0 Å². The smallest absolute Gasteiger partial charge is 0.288 e. The third-order valence-electron chi connectivity index (χ3n) is 2.05. The second-order valence-electron chi connectivity index (χ2n) is 3.58. The maximum Gasteiger partial charge on any atom is 0.416 e. The van der Waals surface area contributed by atoms with Crippen LogP contribution in [0, 0.1) is 17.7 Å². The summed E-state index contributed by atoms with van der Waals surface area (Å²) in [7, 11) is 0. The Kier molecular flexibility index (Phi) is 5.43. The van der Waals surface area contributed by atoms with E-state index in [2.05, 4.69) is 11.8 Å². The SMILES string of the molecule is CC(=O)SCCC#Cc1ccc(C(F)(F)F)cc1F. The van der Waals surface area contributed by atoms with E-state index in [0.717, 1.165) is 23.9 Å². The summed E-state index contributed by atoms with van der Waals surface area (Å²) in [5.41, 5.74) is -1.12. The van der Waals surface area contributed by atoms with Crippen LogP contribution in [0.25, 0.3) is 0 Å². The van der Waals surface area contributed by atoms with Crippen LogP contribution in [0.4, 0.5) is 17.6 Å². The maximum atomic E-state index is 13.4. The summed E-state index contributed by atoms with van der Waals surface area (Å²) in [6.45, 7) is 1.42. The minimum absolute atomic E-state index is 0.0393. The molecule has 0 saturated carbocycles. The molecule has 0 N–H and O–H groups in total. The Balaban J connectivity index is 2.71. The molecule has 0 fully saturated rings. The second-order valence-corrected chi connectivity index (χ2v) is 4.86. The highest BCUT2D eigenvalue weighted by molar-refractivity contribution is 8.13. The first-order valence-corrected chi connectivity index (χ1v) is 6.28. The molecule has 1 nitrogen and oxygen atoms in total. The monoisotopic (exact) mass is 290 g/mol. The molecule has 0 atom stereocenters. The van der Waals surface area contributed by atoms with Gasteiger partial charge in [-0.3, -0.25) is 4.79 Å². The van der Waals surface area contributed by atoms with Crippen LogP contribution >= 0.6 is 11.8 Å². The standard InChI is InChI=1S/C13H10F4OS/c1-9(18)19-7-3-2-4-10-5-6-11(8-12(10)14)13(15,16)17/h5-6,8H,3,7H2,1H3. The van der Waals surface area contributed by atoms with Gasteiger partial charge >= 0.3 is 6.18 Å². The number of rotatable bonds is 2. The molecule has 0 aromatic heterocycles. The molecule has 1 aromatic carbocycles. The van der Waals surface area contributed by atoms with Gasteiger partial charge in [0.25, 0.3) is 0 Å². The summed E-state index contributed by atoms with van der Waals surface area (Å²) in [6.07, 6.45) is -4.20. The molecule has 0 aliphatic rings. The fourth-order valence-corrected chi connectivity index (χ4v) is 1.69. The summed E-state index contributed by atoms with van der Waals surface area (Å²) >= 11 is 1.09. The number of halogens is 4. The lowest BCUT2D eigenvalue weighted by Gasteiger charge is -2.06. The second kappa shape index (κ2) is 6.62. The molecule has 0 heterocycles. The zero-order chi connectivity index (χ0) is 14.5. The number of hydrogen-bond donors (Lipinski definition) is 0. The van der Waals surface area contributed by atoms with Gasteiger partial charge in [-0.15, -0.1) is 0 Å². The average Bonchev–Trinajstić information content (AvgIpc) is 2.28. The van der Waals surface area contributed by atoms with Gasteiger partial charge in [0, 0.05) is 19.1 Å². The third kappa shape index (κ3) is 5.35. The van der Waals surface area contributed by atoms with Gasteiger partial charge in [0.05, 0.1) is 11.1 Å². The first kappa shape index (κ1) is 15.6. The predicted octanol–water partition coefficient (Wildman–Crippen LogP) is 3.87. The van der Waals surface area contributed by atoms with Crippen LogP contribution in [-0.2, 0) is 11.0 Å². The van der Waals surface area contributed by atoms with Gasteiger partial charge in [-0.1, -0.05) is 23.6 Å². The van der Waals surface area contributed by atoms with E-state index in [0.29, 0.717) is 18.2 Å². The summed E-state index contributed by atoms with van der Waals surface area (Å²) in [4.78, 5) is 10.6. The topological polar surface area (TPSA) is 17.1 Å². The molecule has 102 valence electrons. The van der Waals surface area contributed by atoms with E-state index < -0.39 is 17.6 Å². The third-order valence-corrected chi connectivity index (χ3v) is 2.87. The molecule has 0 saturated heterocycles. The van der Waals surface area contributed by atoms with Crippen LogP contribution < -0.4 is 0 Å². The van der Waals surface area contributed by atoms with E-state index in [1.54, 1.807) is 0 Å². The molecule has 1 rings (SSSR count). The zero-order valence-electron chi connectivity index (χ0n) is 9.97. The van der Waals surface area contributed by atoms with Crippen molar-refractivity contribution >= 4 is 16.9 Å². The number of hydrogen-bond acceptors (Lipinski definition) is 2. The van der Waals surface area contributed by atoms with Crippen LogP contribution in [0.15, 0.2) is 18.2 Å². The van der Waals surface area contributed by atoms with E-state index in [-0.39, 0.29) is 10.7 Å². The van der Waals surface area contributed by atoms with E-state index in [1.165, 1.54) is 6.92 Å². The maximum absolute atomic E-state index is 13.4. The fourth-order valence-electron chi connectivity index (χ4n) is 1.20. The number of thioether (sulfide) groups is 1. The van der Waals surface area contributed by atoms with Crippen molar-refractivity contribution in [1.82, 2.24) is 0 Å². The number of carbonyl (C=O) groups is 1. The first-order valence-electron chi connectivity index (χ1n) is 5.29. The van der Waals surface area contributed by atoms with Gasteiger partial charge in [-0.25, -0.2) is 4.39 Å². The Hall–Kier alpha value is -1.48. The van der Waals surface area contributed by atoms with Crippen molar-refractivity contribution in [2.75, 3.05) is 5.75 Å². The van der Waals surface area contributed by atoms with Crippen LogP contribution in [0.5, 0.6) is 0 Å². The van der Waals surface area contributed by atoms with Crippen molar-refractivity contribution < 1.29 is 22.4 Å². The van der Waals surface area contributed by atoms with Gasteiger partial charge in [0.1, 0.15) is 5.82 Å². The predicted molar refractivity (Wildman–Crippen MR) is 66.0 cm³/mol. The van der Waals surface area contributed by atoms with Crippen molar-refractivity contribution in [3.8, 4) is 11.8 Å². The van der Waals surface area contributed by atoms with Crippen LogP contribution in [0.3, 0.4) is 0 Å². The van der Waals surface area contributed by atoms with Crippen molar-refractivity contribution in [3.05, 3.63) is 35.1 Å². The Morgan fingerprint density at radius 1 is 1.37 bits per heavy atom. The molecule has 0 aliphatic carbocycles. The Morgan fingerprint density at radius 3 is 2.58 bits per heavy atom. The number of alkyl halides is 3. The van der Waals surface area contributed by atoms with E-state index in [4.69, 9.17) is 0 Å². The summed E-state index contributed by atoms with van der Waals surface area (Å²) < 4.78 is 50.2. The summed E-state index contributed by atoms with van der Waals surface area (Å²) in [5.74, 6) is 4.54. The molecule has 6 heteroatoms. The van der Waals surface area contributed by atoms with Gasteiger partial charge in [0.15, 0.2) is 5.12 Å². The largest absolute Gasteiger partial charge is 0.416 e. The molecular weight excluding hydrogens is 280 g/mol. The Bertz CT molecular complexity index is 526. The highest BCUT2D eigenvalue weighted by Crippen LogP contribution is 2.30. The Morgan fingerprint density at radius 2 is 2.05 bits per heavy atom. The molecule has 0 spiro atoms. The highest BCUT2D eigenvalue weighted by Gasteiger charge is 2.30. The van der Waals surface area contributed by atoms with Gasteiger partial charge < -0.3 is 0 Å². The highest BCUT2D eigenvalue weighted by atomic mass is 32.2. The van der Waals surface area contributed by atoms with Crippen molar-refractivity contribution in [2.45, 2.75) is 19.5 Å². The number of carbonyl (C=O) groups excluding carboxylic acids is 1. The Labute approximate surface area is 112 Å². The first-order chi connectivity index (χ1) is 8.80. The fraction of sp³-hybridized carbons (Fsp3) is 0.308. The van der Waals surface area contributed by atoms with Crippen LogP contribution in [0.1, 0.15) is 24.5 Å². The number of benzene rings is 1.